The van der Waals surface area contributed by atoms with Crippen LogP contribution in [0.5, 0.6) is 0 Å². The Bertz CT molecular complexity index is 431. The molecule has 0 aliphatic carbocycles. The van der Waals surface area contributed by atoms with Gasteiger partial charge in [-0.3, -0.25) is 9.59 Å². The van der Waals surface area contributed by atoms with Crippen LogP contribution in [0.4, 0.5) is 0 Å². The van der Waals surface area contributed by atoms with Crippen LogP contribution in [0.2, 0.25) is 0 Å². The SMILES string of the molecule is CCCN(CC(=O)OC)C(=O)c1ccc(CBr)cc1. The summed E-state index contributed by atoms with van der Waals surface area (Å²) in [6.45, 7) is 2.49. The normalized spacial score (nSPS) is 10.1. The molecule has 0 spiro atoms. The first-order valence-corrected chi connectivity index (χ1v) is 7.25. The standard InChI is InChI=1S/C14H18BrNO3/c1-3-8-16(10-13(17)19-2)14(18)12-6-4-11(9-15)5-7-12/h4-7H,3,8-10H2,1-2H3. The largest absolute Gasteiger partial charge is 0.468 e. The first-order chi connectivity index (χ1) is 9.12. The molecule has 0 saturated carbocycles. The molecule has 0 N–H and O–H groups in total. The highest BCUT2D eigenvalue weighted by molar-refractivity contribution is 9.08. The summed E-state index contributed by atoms with van der Waals surface area (Å²) in [4.78, 5) is 25.1. The highest BCUT2D eigenvalue weighted by atomic mass is 79.9. The van der Waals surface area contributed by atoms with Gasteiger partial charge < -0.3 is 9.64 Å². The van der Waals surface area contributed by atoms with Gasteiger partial charge in [-0.15, -0.1) is 0 Å². The van der Waals surface area contributed by atoms with E-state index in [1.165, 1.54) is 12.0 Å². The summed E-state index contributed by atoms with van der Waals surface area (Å²) < 4.78 is 4.61. The molecule has 104 valence electrons. The molecule has 0 aliphatic rings. The van der Waals surface area contributed by atoms with Gasteiger partial charge in [-0.25, -0.2) is 0 Å². The van der Waals surface area contributed by atoms with Gasteiger partial charge in [0.05, 0.1) is 7.11 Å². The Labute approximate surface area is 121 Å². The third-order valence-corrected chi connectivity index (χ3v) is 3.33. The molecule has 0 saturated heterocycles. The molecule has 0 aliphatic heterocycles. The van der Waals surface area contributed by atoms with E-state index in [1.807, 2.05) is 19.1 Å². The van der Waals surface area contributed by atoms with Crippen molar-refractivity contribution in [2.45, 2.75) is 18.7 Å². The number of nitrogens with zero attached hydrogens (tertiary/aromatic N) is 1. The minimum Gasteiger partial charge on any atom is -0.468 e. The van der Waals surface area contributed by atoms with E-state index in [9.17, 15) is 9.59 Å². The van der Waals surface area contributed by atoms with Crippen molar-refractivity contribution in [3.63, 3.8) is 0 Å². The van der Waals surface area contributed by atoms with E-state index < -0.39 is 5.97 Å². The number of alkyl halides is 1. The number of hydrogen-bond donors (Lipinski definition) is 0. The third-order valence-electron chi connectivity index (χ3n) is 2.68. The number of hydrogen-bond acceptors (Lipinski definition) is 3. The molecule has 0 bridgehead atoms. The predicted molar refractivity (Wildman–Crippen MR) is 77.3 cm³/mol. The molecule has 1 aromatic carbocycles. The lowest BCUT2D eigenvalue weighted by Crippen LogP contribution is -2.36. The first kappa shape index (κ1) is 15.7. The van der Waals surface area contributed by atoms with E-state index in [2.05, 4.69) is 20.7 Å². The fraction of sp³-hybridized carbons (Fsp3) is 0.429. The van der Waals surface area contributed by atoms with Crippen molar-refractivity contribution in [1.29, 1.82) is 0 Å². The molecule has 0 fully saturated rings. The fourth-order valence-electron chi connectivity index (χ4n) is 1.66. The molecule has 0 unspecified atom stereocenters. The van der Waals surface area contributed by atoms with Crippen LogP contribution in [0.25, 0.3) is 0 Å². The smallest absolute Gasteiger partial charge is 0.325 e. The molecule has 19 heavy (non-hydrogen) atoms. The molecule has 5 heteroatoms. The molecule has 0 aromatic heterocycles. The van der Waals surface area contributed by atoms with Gasteiger partial charge in [0, 0.05) is 17.4 Å². The Morgan fingerprint density at radius 1 is 1.26 bits per heavy atom. The minimum atomic E-state index is -0.404. The summed E-state index contributed by atoms with van der Waals surface area (Å²) >= 11 is 3.36. The molecule has 1 rings (SSSR count). The Balaban J connectivity index is 2.82. The summed E-state index contributed by atoms with van der Waals surface area (Å²) in [6, 6.07) is 7.34. The maximum Gasteiger partial charge on any atom is 0.325 e. The summed E-state index contributed by atoms with van der Waals surface area (Å²) in [5, 5.41) is 0.752. The number of amides is 1. The van der Waals surface area contributed by atoms with E-state index in [0.717, 1.165) is 17.3 Å². The first-order valence-electron chi connectivity index (χ1n) is 6.13. The van der Waals surface area contributed by atoms with E-state index >= 15 is 0 Å². The van der Waals surface area contributed by atoms with Gasteiger partial charge in [0.1, 0.15) is 6.54 Å². The van der Waals surface area contributed by atoms with Crippen molar-refractivity contribution in [1.82, 2.24) is 4.90 Å². The number of methoxy groups -OCH3 is 1. The van der Waals surface area contributed by atoms with Crippen LogP contribution in [0, 0.1) is 0 Å². The number of carbonyl (C=O) groups excluding carboxylic acids is 2. The van der Waals surface area contributed by atoms with Gasteiger partial charge in [0.25, 0.3) is 5.91 Å². The Morgan fingerprint density at radius 3 is 2.37 bits per heavy atom. The van der Waals surface area contributed by atoms with E-state index in [0.29, 0.717) is 12.1 Å². The average Bonchev–Trinajstić information content (AvgIpc) is 2.46. The van der Waals surface area contributed by atoms with Crippen molar-refractivity contribution in [3.05, 3.63) is 35.4 Å². The van der Waals surface area contributed by atoms with Gasteiger partial charge in [0.2, 0.25) is 0 Å². The molecule has 1 aromatic rings. The number of ether oxygens (including phenoxy) is 1. The van der Waals surface area contributed by atoms with Gasteiger partial charge in [-0.2, -0.15) is 0 Å². The predicted octanol–water partition coefficient (Wildman–Crippen LogP) is 2.61. The van der Waals surface area contributed by atoms with Crippen LogP contribution in [0.15, 0.2) is 24.3 Å². The molecule has 0 radical (unpaired) electrons. The minimum absolute atomic E-state index is 0.0105. The second-order valence-corrected chi connectivity index (χ2v) is 4.69. The van der Waals surface area contributed by atoms with Crippen molar-refractivity contribution in [2.75, 3.05) is 20.2 Å². The van der Waals surface area contributed by atoms with Crippen molar-refractivity contribution >= 4 is 27.8 Å². The van der Waals surface area contributed by atoms with Crippen LogP contribution in [-0.2, 0) is 14.9 Å². The van der Waals surface area contributed by atoms with Gasteiger partial charge in [-0.05, 0) is 24.1 Å². The molecule has 0 atom stereocenters. The lowest BCUT2D eigenvalue weighted by atomic mass is 10.1. The Hall–Kier alpha value is -1.36. The fourth-order valence-corrected chi connectivity index (χ4v) is 2.04. The van der Waals surface area contributed by atoms with Crippen molar-refractivity contribution in [2.24, 2.45) is 0 Å². The Kier molecular flexibility index (Phi) is 6.56. The van der Waals surface area contributed by atoms with Crippen LogP contribution in [0.1, 0.15) is 29.3 Å². The van der Waals surface area contributed by atoms with Crippen molar-refractivity contribution < 1.29 is 14.3 Å². The van der Waals surface area contributed by atoms with Crippen LogP contribution in [0.3, 0.4) is 0 Å². The summed E-state index contributed by atoms with van der Waals surface area (Å²) in [7, 11) is 1.32. The summed E-state index contributed by atoms with van der Waals surface area (Å²) in [6.07, 6.45) is 0.794. The number of rotatable bonds is 6. The van der Waals surface area contributed by atoms with Gasteiger partial charge in [-0.1, -0.05) is 35.0 Å². The van der Waals surface area contributed by atoms with Gasteiger partial charge in [0.15, 0.2) is 0 Å². The number of benzene rings is 1. The maximum absolute atomic E-state index is 12.3. The summed E-state index contributed by atoms with van der Waals surface area (Å²) in [5.41, 5.74) is 1.69. The van der Waals surface area contributed by atoms with Crippen molar-refractivity contribution in [3.8, 4) is 0 Å². The Morgan fingerprint density at radius 2 is 1.89 bits per heavy atom. The van der Waals surface area contributed by atoms with Crippen LogP contribution < -0.4 is 0 Å². The number of carbonyl (C=O) groups is 2. The maximum atomic E-state index is 12.3. The van der Waals surface area contributed by atoms with E-state index in [1.54, 1.807) is 12.1 Å². The zero-order chi connectivity index (χ0) is 14.3. The monoisotopic (exact) mass is 327 g/mol. The van der Waals surface area contributed by atoms with Crippen LogP contribution in [-0.4, -0.2) is 37.0 Å². The van der Waals surface area contributed by atoms with Gasteiger partial charge >= 0.3 is 5.97 Å². The quantitative estimate of drug-likeness (QED) is 0.596. The molecule has 4 nitrogen and oxygen atoms in total. The van der Waals surface area contributed by atoms with E-state index in [-0.39, 0.29) is 12.5 Å². The van der Waals surface area contributed by atoms with Crippen LogP contribution >= 0.6 is 15.9 Å². The highest BCUT2D eigenvalue weighted by Gasteiger charge is 2.18. The molecular weight excluding hydrogens is 310 g/mol. The second kappa shape index (κ2) is 7.94. The average molecular weight is 328 g/mol. The molecular formula is C14H18BrNO3. The second-order valence-electron chi connectivity index (χ2n) is 4.13. The lowest BCUT2D eigenvalue weighted by Gasteiger charge is -2.20. The lowest BCUT2D eigenvalue weighted by molar-refractivity contribution is -0.141. The van der Waals surface area contributed by atoms with E-state index in [4.69, 9.17) is 0 Å². The zero-order valence-electron chi connectivity index (χ0n) is 11.2. The highest BCUT2D eigenvalue weighted by Crippen LogP contribution is 2.10. The molecule has 0 heterocycles. The third kappa shape index (κ3) is 4.67. The topological polar surface area (TPSA) is 46.6 Å². The zero-order valence-corrected chi connectivity index (χ0v) is 12.8. The summed E-state index contributed by atoms with van der Waals surface area (Å²) in [5.74, 6) is -0.549. The number of halogens is 1. The molecule has 1 amide bonds. The number of esters is 1.